The van der Waals surface area contributed by atoms with Crippen LogP contribution in [0.3, 0.4) is 0 Å². The van der Waals surface area contributed by atoms with Gasteiger partial charge in [-0.1, -0.05) is 0 Å². The van der Waals surface area contributed by atoms with Crippen molar-refractivity contribution in [3.8, 4) is 0 Å². The summed E-state index contributed by atoms with van der Waals surface area (Å²) < 4.78 is 0. The molecule has 0 aromatic carbocycles. The Morgan fingerprint density at radius 3 is 2.71 bits per heavy atom. The minimum atomic E-state index is 0.0838. The van der Waals surface area contributed by atoms with Crippen LogP contribution in [0.15, 0.2) is 0 Å². The number of alkyl halides is 1. The number of aliphatic hydroxyl groups excluding tert-OH is 1. The lowest BCUT2D eigenvalue weighted by Crippen LogP contribution is -2.32. The average molecular weight is 222 g/mol. The van der Waals surface area contributed by atoms with Gasteiger partial charge in [-0.3, -0.25) is 4.79 Å². The molecule has 0 heterocycles. The second kappa shape index (κ2) is 9.28. The predicted molar refractivity (Wildman–Crippen MR) is 58.5 cm³/mol. The first-order valence-corrected chi connectivity index (χ1v) is 5.70. The highest BCUT2D eigenvalue weighted by atomic mass is 35.5. The molecule has 0 aliphatic heterocycles. The number of amides is 1. The summed E-state index contributed by atoms with van der Waals surface area (Å²) in [4.78, 5) is 11.3. The molecular weight excluding hydrogens is 202 g/mol. The van der Waals surface area contributed by atoms with Crippen LogP contribution < -0.4 is 5.32 Å². The standard InChI is InChI=1S/C10H20ClNO2/c1-9(5-4-8-13)12-10(14)6-2-3-7-11/h9,13H,2-8H2,1H3,(H,12,14). The molecule has 0 fully saturated rings. The van der Waals surface area contributed by atoms with Gasteiger partial charge in [0.25, 0.3) is 0 Å². The Morgan fingerprint density at radius 2 is 2.14 bits per heavy atom. The third-order valence-electron chi connectivity index (χ3n) is 1.99. The number of hydrogen-bond acceptors (Lipinski definition) is 2. The zero-order valence-corrected chi connectivity index (χ0v) is 9.52. The third-order valence-corrected chi connectivity index (χ3v) is 2.26. The molecule has 0 aromatic heterocycles. The van der Waals surface area contributed by atoms with Crippen LogP contribution in [0.25, 0.3) is 0 Å². The van der Waals surface area contributed by atoms with Crippen LogP contribution >= 0.6 is 11.6 Å². The molecule has 0 aliphatic rings. The van der Waals surface area contributed by atoms with Gasteiger partial charge >= 0.3 is 0 Å². The van der Waals surface area contributed by atoms with Gasteiger partial charge in [0.1, 0.15) is 0 Å². The van der Waals surface area contributed by atoms with Crippen LogP contribution in [0.2, 0.25) is 0 Å². The predicted octanol–water partition coefficient (Wildman–Crippen LogP) is 1.67. The van der Waals surface area contributed by atoms with E-state index in [2.05, 4.69) is 5.32 Å². The van der Waals surface area contributed by atoms with Gasteiger partial charge < -0.3 is 10.4 Å². The van der Waals surface area contributed by atoms with E-state index in [1.54, 1.807) is 0 Å². The van der Waals surface area contributed by atoms with Gasteiger partial charge in [0.15, 0.2) is 0 Å². The van der Waals surface area contributed by atoms with Crippen LogP contribution in [0.1, 0.15) is 39.0 Å². The lowest BCUT2D eigenvalue weighted by Gasteiger charge is -2.12. The number of carbonyl (C=O) groups excluding carboxylic acids is 1. The Hall–Kier alpha value is -0.280. The van der Waals surface area contributed by atoms with Crippen molar-refractivity contribution in [2.24, 2.45) is 0 Å². The first-order valence-electron chi connectivity index (χ1n) is 5.17. The van der Waals surface area contributed by atoms with Gasteiger partial charge in [0.2, 0.25) is 5.91 Å². The molecule has 1 atom stereocenters. The Balaban J connectivity index is 3.40. The second-order valence-corrected chi connectivity index (χ2v) is 3.86. The molecule has 0 saturated carbocycles. The summed E-state index contributed by atoms with van der Waals surface area (Å²) in [6.45, 7) is 2.14. The quantitative estimate of drug-likeness (QED) is 0.484. The molecule has 0 aliphatic carbocycles. The molecule has 0 aromatic rings. The lowest BCUT2D eigenvalue weighted by molar-refractivity contribution is -0.121. The number of nitrogens with one attached hydrogen (secondary N) is 1. The van der Waals surface area contributed by atoms with E-state index in [1.807, 2.05) is 6.92 Å². The van der Waals surface area contributed by atoms with Crippen LogP contribution in [0.4, 0.5) is 0 Å². The molecule has 0 saturated heterocycles. The highest BCUT2D eigenvalue weighted by Gasteiger charge is 2.05. The zero-order valence-electron chi connectivity index (χ0n) is 8.76. The van der Waals surface area contributed by atoms with Crippen molar-refractivity contribution in [3.05, 3.63) is 0 Å². The number of carbonyl (C=O) groups is 1. The van der Waals surface area contributed by atoms with E-state index in [4.69, 9.17) is 16.7 Å². The second-order valence-electron chi connectivity index (χ2n) is 3.48. The van der Waals surface area contributed by atoms with Gasteiger partial charge in [-0.05, 0) is 32.6 Å². The number of unbranched alkanes of at least 4 members (excludes halogenated alkanes) is 1. The van der Waals surface area contributed by atoms with Crippen LogP contribution in [0.5, 0.6) is 0 Å². The van der Waals surface area contributed by atoms with Crippen molar-refractivity contribution in [2.75, 3.05) is 12.5 Å². The molecule has 3 nitrogen and oxygen atoms in total. The SMILES string of the molecule is CC(CCCO)NC(=O)CCCCCl. The molecule has 0 spiro atoms. The van der Waals surface area contributed by atoms with E-state index in [0.29, 0.717) is 12.3 Å². The minimum absolute atomic E-state index is 0.0838. The summed E-state index contributed by atoms with van der Waals surface area (Å²) in [6.07, 6.45) is 3.86. The smallest absolute Gasteiger partial charge is 0.220 e. The van der Waals surface area contributed by atoms with Crippen molar-refractivity contribution in [1.29, 1.82) is 0 Å². The molecule has 14 heavy (non-hydrogen) atoms. The van der Waals surface area contributed by atoms with Crippen LogP contribution in [-0.2, 0) is 4.79 Å². The third kappa shape index (κ3) is 8.32. The zero-order chi connectivity index (χ0) is 10.8. The summed E-state index contributed by atoms with van der Waals surface area (Å²) >= 11 is 5.50. The lowest BCUT2D eigenvalue weighted by atomic mass is 10.1. The van der Waals surface area contributed by atoms with Gasteiger partial charge in [0, 0.05) is 24.9 Å². The summed E-state index contributed by atoms with van der Waals surface area (Å²) in [5.41, 5.74) is 0. The molecule has 2 N–H and O–H groups in total. The van der Waals surface area contributed by atoms with Crippen molar-refractivity contribution < 1.29 is 9.90 Å². The fourth-order valence-electron chi connectivity index (χ4n) is 1.20. The Labute approximate surface area is 90.8 Å². The number of hydrogen-bond donors (Lipinski definition) is 2. The summed E-state index contributed by atoms with van der Waals surface area (Å²) in [7, 11) is 0. The maximum absolute atomic E-state index is 11.3. The minimum Gasteiger partial charge on any atom is -0.396 e. The summed E-state index contributed by atoms with van der Waals surface area (Å²) in [6, 6.07) is 0.158. The van der Waals surface area contributed by atoms with E-state index in [-0.39, 0.29) is 18.6 Å². The fourth-order valence-corrected chi connectivity index (χ4v) is 1.39. The van der Waals surface area contributed by atoms with Crippen LogP contribution in [0, 0.1) is 0 Å². The molecule has 1 unspecified atom stereocenters. The molecule has 4 heteroatoms. The van der Waals surface area contributed by atoms with Crippen molar-refractivity contribution in [2.45, 2.75) is 45.1 Å². The number of halogens is 1. The normalized spacial score (nSPS) is 12.5. The first kappa shape index (κ1) is 13.7. The van der Waals surface area contributed by atoms with Gasteiger partial charge in [-0.2, -0.15) is 0 Å². The maximum atomic E-state index is 11.3. The van der Waals surface area contributed by atoms with E-state index >= 15 is 0 Å². The van der Waals surface area contributed by atoms with Crippen molar-refractivity contribution >= 4 is 17.5 Å². The topological polar surface area (TPSA) is 49.3 Å². The fraction of sp³-hybridized carbons (Fsp3) is 0.900. The molecule has 0 bridgehead atoms. The molecule has 0 radical (unpaired) electrons. The Kier molecular flexibility index (Phi) is 9.10. The maximum Gasteiger partial charge on any atom is 0.220 e. The highest BCUT2D eigenvalue weighted by Crippen LogP contribution is 2.00. The largest absolute Gasteiger partial charge is 0.396 e. The average Bonchev–Trinajstić information content (AvgIpc) is 2.15. The van der Waals surface area contributed by atoms with Gasteiger partial charge in [-0.25, -0.2) is 0 Å². The van der Waals surface area contributed by atoms with Crippen molar-refractivity contribution in [1.82, 2.24) is 5.32 Å². The number of rotatable bonds is 8. The first-order chi connectivity index (χ1) is 6.70. The highest BCUT2D eigenvalue weighted by molar-refractivity contribution is 6.17. The monoisotopic (exact) mass is 221 g/mol. The Morgan fingerprint density at radius 1 is 1.43 bits per heavy atom. The van der Waals surface area contributed by atoms with Crippen LogP contribution in [-0.4, -0.2) is 29.5 Å². The number of aliphatic hydroxyl groups is 1. The van der Waals surface area contributed by atoms with E-state index in [9.17, 15) is 4.79 Å². The van der Waals surface area contributed by atoms with Crippen molar-refractivity contribution in [3.63, 3.8) is 0 Å². The Bertz CT molecular complexity index is 153. The molecule has 0 rings (SSSR count). The summed E-state index contributed by atoms with van der Waals surface area (Å²) in [5.74, 6) is 0.702. The van der Waals surface area contributed by atoms with E-state index in [0.717, 1.165) is 25.7 Å². The molecule has 1 amide bonds. The van der Waals surface area contributed by atoms with E-state index in [1.165, 1.54) is 0 Å². The molecule has 84 valence electrons. The molecular formula is C10H20ClNO2. The summed E-state index contributed by atoms with van der Waals surface area (Å²) in [5, 5.41) is 11.5. The van der Waals surface area contributed by atoms with Gasteiger partial charge in [0.05, 0.1) is 0 Å². The van der Waals surface area contributed by atoms with E-state index < -0.39 is 0 Å². The van der Waals surface area contributed by atoms with Gasteiger partial charge in [-0.15, -0.1) is 11.6 Å².